The second kappa shape index (κ2) is 10.4. The molecule has 180 valence electrons. The highest BCUT2D eigenvalue weighted by atomic mass is 32.2. The molecule has 0 aliphatic carbocycles. The van der Waals surface area contributed by atoms with Gasteiger partial charge in [-0.05, 0) is 42.0 Å². The Labute approximate surface area is 205 Å². The van der Waals surface area contributed by atoms with Crippen molar-refractivity contribution in [2.45, 2.75) is 18.4 Å². The molecule has 0 aliphatic heterocycles. The average molecular weight is 514 g/mol. The molecule has 4 rings (SSSR count). The van der Waals surface area contributed by atoms with Gasteiger partial charge in [0.25, 0.3) is 5.91 Å². The van der Waals surface area contributed by atoms with Gasteiger partial charge in [-0.2, -0.15) is 4.31 Å². The summed E-state index contributed by atoms with van der Waals surface area (Å²) < 4.78 is 54.7. The zero-order chi connectivity index (χ0) is 25.0. The van der Waals surface area contributed by atoms with Crippen LogP contribution in [-0.2, 0) is 16.6 Å². The number of aromatic nitrogens is 1. The van der Waals surface area contributed by atoms with Crippen LogP contribution >= 0.6 is 11.3 Å². The van der Waals surface area contributed by atoms with Crippen molar-refractivity contribution in [2.24, 2.45) is 0 Å². The monoisotopic (exact) mass is 513 g/mol. The number of hydrogen-bond donors (Lipinski definition) is 1. The van der Waals surface area contributed by atoms with E-state index in [-0.39, 0.29) is 33.4 Å². The van der Waals surface area contributed by atoms with Gasteiger partial charge >= 0.3 is 0 Å². The Kier molecular flexibility index (Phi) is 7.34. The number of thiazole rings is 1. The van der Waals surface area contributed by atoms with Crippen LogP contribution in [-0.4, -0.2) is 30.2 Å². The molecule has 1 aromatic heterocycles. The lowest BCUT2D eigenvalue weighted by atomic mass is 10.1. The fourth-order valence-electron chi connectivity index (χ4n) is 3.40. The van der Waals surface area contributed by atoms with Gasteiger partial charge in [0.2, 0.25) is 10.0 Å². The summed E-state index contributed by atoms with van der Waals surface area (Å²) in [5.41, 5.74) is 1.49. The Morgan fingerprint density at radius 1 is 1.03 bits per heavy atom. The van der Waals surface area contributed by atoms with Crippen molar-refractivity contribution in [3.8, 4) is 11.3 Å². The molecule has 4 aromatic rings. The smallest absolute Gasteiger partial charge is 0.257 e. The first-order valence-electron chi connectivity index (χ1n) is 10.6. The maximum absolute atomic E-state index is 14.0. The lowest BCUT2D eigenvalue weighted by molar-refractivity contribution is 0.102. The number of hydrogen-bond acceptors (Lipinski definition) is 5. The lowest BCUT2D eigenvalue weighted by Gasteiger charge is -2.20. The number of nitrogens with one attached hydrogen (secondary N) is 1. The fraction of sp³-hybridized carbons (Fsp3) is 0.120. The van der Waals surface area contributed by atoms with Gasteiger partial charge in [0.05, 0.1) is 10.6 Å². The molecule has 1 N–H and O–H groups in total. The summed E-state index contributed by atoms with van der Waals surface area (Å²) in [7, 11) is -3.76. The number of halogens is 2. The molecule has 1 heterocycles. The second-order valence-electron chi connectivity index (χ2n) is 7.56. The van der Waals surface area contributed by atoms with Crippen LogP contribution in [0.25, 0.3) is 11.3 Å². The SMILES string of the molecule is CCN(Cc1ccccc1)S(=O)(=O)c1ccc(C(=O)Nc2nc(-c3ccc(F)cc3F)cs2)cc1. The van der Waals surface area contributed by atoms with E-state index in [2.05, 4.69) is 10.3 Å². The first kappa shape index (κ1) is 24.6. The highest BCUT2D eigenvalue weighted by Gasteiger charge is 2.23. The molecule has 0 aliphatic rings. The summed E-state index contributed by atoms with van der Waals surface area (Å²) in [4.78, 5) is 16.9. The van der Waals surface area contributed by atoms with Gasteiger partial charge in [0.15, 0.2) is 5.13 Å². The first-order chi connectivity index (χ1) is 16.8. The Hall–Kier alpha value is -3.47. The largest absolute Gasteiger partial charge is 0.298 e. The fourth-order valence-corrected chi connectivity index (χ4v) is 5.55. The van der Waals surface area contributed by atoms with Crippen LogP contribution < -0.4 is 5.32 Å². The maximum atomic E-state index is 14.0. The van der Waals surface area contributed by atoms with Crippen molar-refractivity contribution in [3.05, 3.63) is 101 Å². The second-order valence-corrected chi connectivity index (χ2v) is 10.4. The normalized spacial score (nSPS) is 11.5. The van der Waals surface area contributed by atoms with Crippen molar-refractivity contribution >= 4 is 32.4 Å². The van der Waals surface area contributed by atoms with E-state index in [1.165, 1.54) is 34.6 Å². The number of benzene rings is 3. The third-order valence-electron chi connectivity index (χ3n) is 5.24. The van der Waals surface area contributed by atoms with E-state index in [0.29, 0.717) is 6.54 Å². The molecule has 10 heteroatoms. The van der Waals surface area contributed by atoms with Gasteiger partial charge in [-0.15, -0.1) is 11.3 Å². The number of carbonyl (C=O) groups is 1. The molecule has 3 aromatic carbocycles. The highest BCUT2D eigenvalue weighted by molar-refractivity contribution is 7.89. The summed E-state index contributed by atoms with van der Waals surface area (Å²) >= 11 is 1.09. The van der Waals surface area contributed by atoms with Crippen molar-refractivity contribution in [3.63, 3.8) is 0 Å². The summed E-state index contributed by atoms with van der Waals surface area (Å²) in [6, 6.07) is 18.1. The molecular weight excluding hydrogens is 492 g/mol. The molecule has 0 radical (unpaired) electrons. The minimum absolute atomic E-state index is 0.0788. The molecule has 0 spiro atoms. The molecule has 1 amide bonds. The zero-order valence-corrected chi connectivity index (χ0v) is 20.2. The van der Waals surface area contributed by atoms with Crippen LogP contribution in [0.2, 0.25) is 0 Å². The van der Waals surface area contributed by atoms with E-state index < -0.39 is 27.6 Å². The third-order valence-corrected chi connectivity index (χ3v) is 7.93. The highest BCUT2D eigenvalue weighted by Crippen LogP contribution is 2.28. The lowest BCUT2D eigenvalue weighted by Crippen LogP contribution is -2.30. The number of rotatable bonds is 8. The molecule has 0 unspecified atom stereocenters. The standard InChI is InChI=1S/C25H21F2N3O3S2/c1-2-30(15-17-6-4-3-5-7-17)35(32,33)20-11-8-18(9-12-20)24(31)29-25-28-23(16-34-25)21-13-10-19(26)14-22(21)27/h3-14,16H,2,15H2,1H3,(H,28,29,31). The molecule has 6 nitrogen and oxygen atoms in total. The van der Waals surface area contributed by atoms with E-state index in [9.17, 15) is 22.0 Å². The van der Waals surface area contributed by atoms with E-state index in [1.54, 1.807) is 12.3 Å². The number of nitrogens with zero attached hydrogens (tertiary/aromatic N) is 2. The Morgan fingerprint density at radius 3 is 2.40 bits per heavy atom. The van der Waals surface area contributed by atoms with E-state index in [1.807, 2.05) is 30.3 Å². The summed E-state index contributed by atoms with van der Waals surface area (Å²) in [5, 5.41) is 4.39. The minimum atomic E-state index is -3.76. The van der Waals surface area contributed by atoms with E-state index in [4.69, 9.17) is 0 Å². The number of carbonyl (C=O) groups excluding carboxylic acids is 1. The van der Waals surface area contributed by atoms with Gasteiger partial charge in [-0.25, -0.2) is 22.2 Å². The van der Waals surface area contributed by atoms with Crippen LogP contribution in [0.3, 0.4) is 0 Å². The Morgan fingerprint density at radius 2 is 1.74 bits per heavy atom. The summed E-state index contributed by atoms with van der Waals surface area (Å²) in [5.74, 6) is -1.94. The molecule has 0 atom stereocenters. The molecule has 0 saturated carbocycles. The quantitative estimate of drug-likeness (QED) is 0.335. The molecule has 0 fully saturated rings. The summed E-state index contributed by atoms with van der Waals surface area (Å²) in [6.45, 7) is 2.30. The Bertz CT molecular complexity index is 1440. The molecule has 35 heavy (non-hydrogen) atoms. The van der Waals surface area contributed by atoms with Gasteiger partial charge in [0, 0.05) is 35.7 Å². The topological polar surface area (TPSA) is 79.4 Å². The van der Waals surface area contributed by atoms with Gasteiger partial charge < -0.3 is 0 Å². The van der Waals surface area contributed by atoms with Gasteiger partial charge in [-0.1, -0.05) is 37.3 Å². The van der Waals surface area contributed by atoms with Crippen LogP contribution in [0.1, 0.15) is 22.8 Å². The van der Waals surface area contributed by atoms with Crippen molar-refractivity contribution < 1.29 is 22.0 Å². The van der Waals surface area contributed by atoms with Gasteiger partial charge in [-0.3, -0.25) is 10.1 Å². The van der Waals surface area contributed by atoms with Crippen molar-refractivity contribution in [1.82, 2.24) is 9.29 Å². The molecule has 0 bridgehead atoms. The molecule has 0 saturated heterocycles. The van der Waals surface area contributed by atoms with Crippen LogP contribution in [0.5, 0.6) is 0 Å². The van der Waals surface area contributed by atoms with Gasteiger partial charge in [0.1, 0.15) is 11.6 Å². The maximum Gasteiger partial charge on any atom is 0.257 e. The molecular formula is C25H21F2N3O3S2. The van der Waals surface area contributed by atoms with Crippen LogP contribution in [0, 0.1) is 11.6 Å². The average Bonchev–Trinajstić information content (AvgIpc) is 3.31. The Balaban J connectivity index is 1.46. The number of anilines is 1. The zero-order valence-electron chi connectivity index (χ0n) is 18.6. The number of sulfonamides is 1. The van der Waals surface area contributed by atoms with Crippen molar-refractivity contribution in [1.29, 1.82) is 0 Å². The third kappa shape index (κ3) is 5.61. The number of amides is 1. The van der Waals surface area contributed by atoms with Crippen LogP contribution in [0.15, 0.2) is 83.1 Å². The van der Waals surface area contributed by atoms with Crippen molar-refractivity contribution in [2.75, 3.05) is 11.9 Å². The predicted octanol–water partition coefficient (Wildman–Crippen LogP) is 5.55. The van der Waals surface area contributed by atoms with E-state index in [0.717, 1.165) is 29.0 Å². The minimum Gasteiger partial charge on any atom is -0.298 e. The summed E-state index contributed by atoms with van der Waals surface area (Å²) in [6.07, 6.45) is 0. The van der Waals surface area contributed by atoms with Crippen LogP contribution in [0.4, 0.5) is 13.9 Å². The predicted molar refractivity (Wildman–Crippen MR) is 132 cm³/mol. The van der Waals surface area contributed by atoms with E-state index >= 15 is 0 Å². The first-order valence-corrected chi connectivity index (χ1v) is 13.0.